The molecule has 12 heavy (non-hydrogen) atoms. The van der Waals surface area contributed by atoms with Crippen LogP contribution in [0.1, 0.15) is 5.56 Å². The van der Waals surface area contributed by atoms with E-state index in [1.165, 1.54) is 5.56 Å². The summed E-state index contributed by atoms with van der Waals surface area (Å²) in [6.07, 6.45) is -2.33. The summed E-state index contributed by atoms with van der Waals surface area (Å²) in [7, 11) is 0. The van der Waals surface area contributed by atoms with Crippen molar-refractivity contribution in [1.82, 2.24) is 0 Å². The number of carbonyl (C=O) groups excluding carboxylic acids is 1. The number of rotatable bonds is 0. The molecule has 0 saturated carbocycles. The fourth-order valence-corrected chi connectivity index (χ4v) is 0.534. The van der Waals surface area contributed by atoms with E-state index in [4.69, 9.17) is 15.0 Å². The number of carbonyl (C=O) groups is 1. The Morgan fingerprint density at radius 1 is 1.17 bits per heavy atom. The van der Waals surface area contributed by atoms with Crippen molar-refractivity contribution in [3.63, 3.8) is 0 Å². The van der Waals surface area contributed by atoms with Crippen LogP contribution in [0.3, 0.4) is 0 Å². The minimum absolute atomic E-state index is 0. The molecule has 0 radical (unpaired) electrons. The smallest absolute Gasteiger partial charge is 0.652 e. The van der Waals surface area contributed by atoms with E-state index in [9.17, 15) is 0 Å². The number of hydrogen-bond donors (Lipinski definition) is 0. The molecule has 0 saturated heterocycles. The van der Waals surface area contributed by atoms with Crippen molar-refractivity contribution in [1.29, 1.82) is 0 Å². The van der Waals surface area contributed by atoms with Gasteiger partial charge in [0.1, 0.15) is 0 Å². The van der Waals surface area contributed by atoms with Crippen molar-refractivity contribution < 1.29 is 42.3 Å². The molecule has 0 heterocycles. The van der Waals surface area contributed by atoms with Crippen LogP contribution in [0.15, 0.2) is 30.3 Å². The van der Waals surface area contributed by atoms with Crippen LogP contribution in [0.5, 0.6) is 0 Å². The predicted octanol–water partition coefficient (Wildman–Crippen LogP) is -0.454. The molecule has 0 aliphatic rings. The maximum Gasteiger partial charge on any atom is 2.00 e. The van der Waals surface area contributed by atoms with Gasteiger partial charge in [-0.25, -0.2) is 0 Å². The Kier molecular flexibility index (Phi) is 9.90. The monoisotopic (exact) mass is 266 g/mol. The summed E-state index contributed by atoms with van der Waals surface area (Å²) in [5, 5.41) is 16.7. The Hall–Kier alpha value is -0.588. The first-order chi connectivity index (χ1) is 5.13. The average molecular weight is 265 g/mol. The second-order valence-corrected chi connectivity index (χ2v) is 1.90. The third kappa shape index (κ3) is 12.1. The van der Waals surface area contributed by atoms with Crippen LogP contribution in [0.2, 0.25) is 0 Å². The molecule has 0 atom stereocenters. The Morgan fingerprint density at radius 3 is 1.67 bits per heavy atom. The van der Waals surface area contributed by atoms with E-state index in [-0.39, 0.29) is 27.3 Å². The van der Waals surface area contributed by atoms with E-state index in [1.807, 2.05) is 18.2 Å². The molecule has 1 aromatic rings. The molecule has 0 spiro atoms. The molecule has 0 amide bonds. The SMILES string of the molecule is Cc1ccccc1.O=C([O-])[O-].[Cd+2]. The number of hydrogen-bond acceptors (Lipinski definition) is 3. The molecule has 0 unspecified atom stereocenters. The topological polar surface area (TPSA) is 63.2 Å². The molecule has 0 N–H and O–H groups in total. The molecular formula is C8H8CdO3. The number of carboxylic acid groups (broad SMARTS) is 2. The summed E-state index contributed by atoms with van der Waals surface area (Å²) in [6.45, 7) is 2.08. The summed E-state index contributed by atoms with van der Waals surface area (Å²) in [5.74, 6) is 0. The zero-order valence-electron chi connectivity index (χ0n) is 6.82. The first kappa shape index (κ1) is 14.0. The van der Waals surface area contributed by atoms with Crippen LogP contribution in [0.4, 0.5) is 4.79 Å². The van der Waals surface area contributed by atoms with E-state index in [1.54, 1.807) is 0 Å². The maximum atomic E-state index is 8.33. The Bertz CT molecular complexity index is 207. The van der Waals surface area contributed by atoms with Crippen LogP contribution in [0.25, 0.3) is 0 Å². The van der Waals surface area contributed by atoms with Crippen LogP contribution in [-0.2, 0) is 27.3 Å². The maximum absolute atomic E-state index is 8.33. The van der Waals surface area contributed by atoms with Gasteiger partial charge in [0, 0.05) is 0 Å². The van der Waals surface area contributed by atoms with Gasteiger partial charge in [-0.3, -0.25) is 0 Å². The van der Waals surface area contributed by atoms with Crippen molar-refractivity contribution in [2.45, 2.75) is 6.92 Å². The van der Waals surface area contributed by atoms with Crippen LogP contribution in [0, 0.1) is 6.92 Å². The van der Waals surface area contributed by atoms with Crippen LogP contribution in [-0.4, -0.2) is 6.16 Å². The quantitative estimate of drug-likeness (QED) is 0.596. The minimum atomic E-state index is -2.33. The van der Waals surface area contributed by atoms with Gasteiger partial charge in [-0.15, -0.1) is 0 Å². The van der Waals surface area contributed by atoms with Crippen LogP contribution >= 0.6 is 0 Å². The first-order valence-electron chi connectivity index (χ1n) is 3.02. The largest absolute Gasteiger partial charge is 2.00 e. The fraction of sp³-hybridized carbons (Fsp3) is 0.125. The first-order valence-corrected chi connectivity index (χ1v) is 3.02. The van der Waals surface area contributed by atoms with E-state index in [0.29, 0.717) is 0 Å². The van der Waals surface area contributed by atoms with Gasteiger partial charge in [0.25, 0.3) is 0 Å². The van der Waals surface area contributed by atoms with Crippen molar-refractivity contribution in [3.8, 4) is 0 Å². The van der Waals surface area contributed by atoms with Crippen molar-refractivity contribution >= 4 is 6.16 Å². The van der Waals surface area contributed by atoms with Gasteiger partial charge in [-0.2, -0.15) is 0 Å². The van der Waals surface area contributed by atoms with E-state index in [0.717, 1.165) is 0 Å². The zero-order valence-corrected chi connectivity index (χ0v) is 10.9. The van der Waals surface area contributed by atoms with Crippen molar-refractivity contribution in [2.75, 3.05) is 0 Å². The predicted molar refractivity (Wildman–Crippen MR) is 36.6 cm³/mol. The third-order valence-corrected chi connectivity index (χ3v) is 0.940. The molecular weight excluding hydrogens is 256 g/mol. The van der Waals surface area contributed by atoms with Gasteiger partial charge in [0.2, 0.25) is 0 Å². The second kappa shape index (κ2) is 8.51. The molecule has 4 heteroatoms. The standard InChI is InChI=1S/C7H8.CH2O3.Cd/c1-7-5-3-2-4-6-7;2-1(3)4;/h2-6H,1H3;(H2,2,3,4);/q;;+2/p-2. The summed E-state index contributed by atoms with van der Waals surface area (Å²) < 4.78 is 0. The minimum Gasteiger partial charge on any atom is -0.652 e. The Morgan fingerprint density at radius 2 is 1.50 bits per heavy atom. The second-order valence-electron chi connectivity index (χ2n) is 1.90. The molecule has 0 fully saturated rings. The van der Waals surface area contributed by atoms with Gasteiger partial charge in [0.05, 0.1) is 0 Å². The van der Waals surface area contributed by atoms with Gasteiger partial charge in [-0.1, -0.05) is 35.9 Å². The van der Waals surface area contributed by atoms with Gasteiger partial charge in [0.15, 0.2) is 0 Å². The molecule has 60 valence electrons. The Labute approximate surface area is 91.2 Å². The van der Waals surface area contributed by atoms with Gasteiger partial charge < -0.3 is 15.0 Å². The van der Waals surface area contributed by atoms with E-state index in [2.05, 4.69) is 19.1 Å². The number of benzene rings is 1. The molecule has 1 rings (SSSR count). The van der Waals surface area contributed by atoms with Crippen molar-refractivity contribution in [2.24, 2.45) is 0 Å². The molecule has 0 bridgehead atoms. The zero-order chi connectivity index (χ0) is 8.69. The molecule has 1 aromatic carbocycles. The van der Waals surface area contributed by atoms with Gasteiger partial charge >= 0.3 is 27.3 Å². The molecule has 0 aliphatic carbocycles. The Balaban J connectivity index is 0. The van der Waals surface area contributed by atoms with Crippen LogP contribution < -0.4 is 10.2 Å². The molecule has 0 aliphatic heterocycles. The molecule has 0 aromatic heterocycles. The summed E-state index contributed by atoms with van der Waals surface area (Å²) in [6, 6.07) is 10.3. The normalized spacial score (nSPS) is 7.08. The number of aryl methyl sites for hydroxylation is 1. The summed E-state index contributed by atoms with van der Waals surface area (Å²) >= 11 is 0. The van der Waals surface area contributed by atoms with Crippen molar-refractivity contribution in [3.05, 3.63) is 35.9 Å². The fourth-order valence-electron chi connectivity index (χ4n) is 0.534. The average Bonchev–Trinajstić information content (AvgIpc) is 1.87. The van der Waals surface area contributed by atoms with E-state index < -0.39 is 6.16 Å². The molecule has 3 nitrogen and oxygen atoms in total. The van der Waals surface area contributed by atoms with E-state index >= 15 is 0 Å². The summed E-state index contributed by atoms with van der Waals surface area (Å²) in [4.78, 5) is 8.33. The van der Waals surface area contributed by atoms with Gasteiger partial charge in [-0.05, 0) is 13.1 Å². The summed E-state index contributed by atoms with van der Waals surface area (Å²) in [5.41, 5.74) is 1.32. The third-order valence-electron chi connectivity index (χ3n) is 0.940.